The Morgan fingerprint density at radius 1 is 1.15 bits per heavy atom. The molecule has 3 rings (SSSR count). The first kappa shape index (κ1) is 18.8. The molecule has 0 radical (unpaired) electrons. The first-order valence-electron chi connectivity index (χ1n) is 9.13. The first-order chi connectivity index (χ1) is 12.8. The van der Waals surface area contributed by atoms with Gasteiger partial charge in [-0.25, -0.2) is 0 Å². The molecule has 0 aromatic heterocycles. The monoisotopic (exact) mass is 367 g/mol. The van der Waals surface area contributed by atoms with Gasteiger partial charge in [0.25, 0.3) is 5.91 Å². The van der Waals surface area contributed by atoms with Crippen molar-refractivity contribution in [3.05, 3.63) is 48.0 Å². The van der Waals surface area contributed by atoms with Crippen LogP contribution in [0.15, 0.2) is 42.5 Å². The SMILES string of the molecule is CC(C)c1ccccc1NC(=O)[C@H](C)Nc1ccc2c(c1)NC(=O)[C@@H](C)O2. The average Bonchev–Trinajstić information content (AvgIpc) is 2.63. The number of hydrogen-bond acceptors (Lipinski definition) is 4. The summed E-state index contributed by atoms with van der Waals surface area (Å²) in [7, 11) is 0. The van der Waals surface area contributed by atoms with E-state index in [0.29, 0.717) is 17.4 Å². The highest BCUT2D eigenvalue weighted by Crippen LogP contribution is 2.32. The van der Waals surface area contributed by atoms with Gasteiger partial charge in [0, 0.05) is 11.4 Å². The van der Waals surface area contributed by atoms with Crippen molar-refractivity contribution in [3.8, 4) is 5.75 Å². The maximum atomic E-state index is 12.6. The second kappa shape index (κ2) is 7.70. The maximum absolute atomic E-state index is 12.6. The molecule has 2 atom stereocenters. The molecule has 2 amide bonds. The van der Waals surface area contributed by atoms with E-state index in [0.717, 1.165) is 16.9 Å². The van der Waals surface area contributed by atoms with E-state index in [1.165, 1.54) is 0 Å². The van der Waals surface area contributed by atoms with Crippen LogP contribution in [-0.4, -0.2) is 24.0 Å². The van der Waals surface area contributed by atoms with Gasteiger partial charge in [-0.15, -0.1) is 0 Å². The largest absolute Gasteiger partial charge is 0.479 e. The van der Waals surface area contributed by atoms with Crippen molar-refractivity contribution in [2.45, 2.75) is 45.8 Å². The van der Waals surface area contributed by atoms with Crippen LogP contribution in [0.3, 0.4) is 0 Å². The van der Waals surface area contributed by atoms with E-state index in [4.69, 9.17) is 4.74 Å². The van der Waals surface area contributed by atoms with Crippen molar-refractivity contribution in [1.29, 1.82) is 0 Å². The predicted molar refractivity (Wildman–Crippen MR) is 107 cm³/mol. The van der Waals surface area contributed by atoms with Gasteiger partial charge in [-0.05, 0) is 49.6 Å². The molecule has 1 heterocycles. The molecule has 2 aromatic rings. The summed E-state index contributed by atoms with van der Waals surface area (Å²) in [6, 6.07) is 12.7. The lowest BCUT2D eigenvalue weighted by Gasteiger charge is -2.24. The zero-order valence-corrected chi connectivity index (χ0v) is 16.0. The van der Waals surface area contributed by atoms with Crippen LogP contribution < -0.4 is 20.7 Å². The third-order valence-corrected chi connectivity index (χ3v) is 4.53. The molecule has 1 aliphatic rings. The molecule has 0 saturated carbocycles. The number of nitrogens with one attached hydrogen (secondary N) is 3. The van der Waals surface area contributed by atoms with E-state index in [1.54, 1.807) is 26.0 Å². The minimum absolute atomic E-state index is 0.130. The van der Waals surface area contributed by atoms with Crippen LogP contribution in [0.1, 0.15) is 39.2 Å². The number of fused-ring (bicyclic) bond motifs is 1. The molecule has 3 N–H and O–H groups in total. The topological polar surface area (TPSA) is 79.5 Å². The highest BCUT2D eigenvalue weighted by atomic mass is 16.5. The Kier molecular flexibility index (Phi) is 5.35. The Morgan fingerprint density at radius 2 is 1.89 bits per heavy atom. The molecular weight excluding hydrogens is 342 g/mol. The van der Waals surface area contributed by atoms with Gasteiger partial charge in [-0.2, -0.15) is 0 Å². The number of rotatable bonds is 5. The standard InChI is InChI=1S/C21H25N3O3/c1-12(2)16-7-5-6-8-17(16)23-20(25)13(3)22-15-9-10-19-18(11-15)24-21(26)14(4)27-19/h5-14,22H,1-4H3,(H,23,25)(H,24,26)/t13-,14+/m0/s1. The quantitative estimate of drug-likeness (QED) is 0.747. The van der Waals surface area contributed by atoms with Gasteiger partial charge >= 0.3 is 0 Å². The summed E-state index contributed by atoms with van der Waals surface area (Å²) in [5.74, 6) is 0.623. The second-order valence-corrected chi connectivity index (χ2v) is 7.06. The van der Waals surface area contributed by atoms with Gasteiger partial charge in [0.2, 0.25) is 5.91 Å². The van der Waals surface area contributed by atoms with E-state index in [-0.39, 0.29) is 11.8 Å². The fraction of sp³-hybridized carbons (Fsp3) is 0.333. The fourth-order valence-corrected chi connectivity index (χ4v) is 2.97. The van der Waals surface area contributed by atoms with Crippen molar-refractivity contribution >= 4 is 28.9 Å². The van der Waals surface area contributed by atoms with E-state index in [2.05, 4.69) is 29.8 Å². The lowest BCUT2D eigenvalue weighted by molar-refractivity contribution is -0.122. The first-order valence-corrected chi connectivity index (χ1v) is 9.13. The lowest BCUT2D eigenvalue weighted by atomic mass is 10.0. The Hall–Kier alpha value is -3.02. The minimum atomic E-state index is -0.512. The number of anilines is 3. The van der Waals surface area contributed by atoms with Gasteiger partial charge in [-0.3, -0.25) is 9.59 Å². The Balaban J connectivity index is 1.69. The van der Waals surface area contributed by atoms with Crippen molar-refractivity contribution in [1.82, 2.24) is 0 Å². The summed E-state index contributed by atoms with van der Waals surface area (Å²) in [5.41, 5.74) is 3.25. The Labute approximate surface area is 159 Å². The van der Waals surface area contributed by atoms with Crippen molar-refractivity contribution in [2.75, 3.05) is 16.0 Å². The zero-order valence-electron chi connectivity index (χ0n) is 16.0. The van der Waals surface area contributed by atoms with Crippen LogP contribution >= 0.6 is 0 Å². The summed E-state index contributed by atoms with van der Waals surface area (Å²) in [5, 5.41) is 8.97. The molecule has 0 spiro atoms. The van der Waals surface area contributed by atoms with Gasteiger partial charge in [0.05, 0.1) is 5.69 Å². The van der Waals surface area contributed by atoms with E-state index in [1.807, 2.05) is 30.3 Å². The molecule has 0 unspecified atom stereocenters. The van der Waals surface area contributed by atoms with Crippen molar-refractivity contribution in [2.24, 2.45) is 0 Å². The number of hydrogen-bond donors (Lipinski definition) is 3. The van der Waals surface area contributed by atoms with E-state index < -0.39 is 12.1 Å². The van der Waals surface area contributed by atoms with Gasteiger partial charge in [0.15, 0.2) is 6.10 Å². The molecule has 2 aromatic carbocycles. The van der Waals surface area contributed by atoms with Crippen LogP contribution in [0.5, 0.6) is 5.75 Å². The second-order valence-electron chi connectivity index (χ2n) is 7.06. The molecule has 0 saturated heterocycles. The Bertz CT molecular complexity index is 864. The smallest absolute Gasteiger partial charge is 0.265 e. The minimum Gasteiger partial charge on any atom is -0.479 e. The lowest BCUT2D eigenvalue weighted by Crippen LogP contribution is -2.35. The van der Waals surface area contributed by atoms with Crippen LogP contribution in [0.2, 0.25) is 0 Å². The molecule has 6 nitrogen and oxygen atoms in total. The van der Waals surface area contributed by atoms with Crippen molar-refractivity contribution < 1.29 is 14.3 Å². The van der Waals surface area contributed by atoms with E-state index >= 15 is 0 Å². The number of carbonyl (C=O) groups is 2. The molecule has 142 valence electrons. The number of amides is 2. The normalized spacial score (nSPS) is 16.8. The fourth-order valence-electron chi connectivity index (χ4n) is 2.97. The van der Waals surface area contributed by atoms with Crippen LogP contribution in [0, 0.1) is 0 Å². The highest BCUT2D eigenvalue weighted by molar-refractivity contribution is 5.99. The molecule has 6 heteroatoms. The number of ether oxygens (including phenoxy) is 1. The third kappa shape index (κ3) is 4.22. The summed E-state index contributed by atoms with van der Waals surface area (Å²) >= 11 is 0. The van der Waals surface area contributed by atoms with Crippen molar-refractivity contribution in [3.63, 3.8) is 0 Å². The number of para-hydroxylation sites is 1. The zero-order chi connectivity index (χ0) is 19.6. The van der Waals surface area contributed by atoms with Crippen LogP contribution in [-0.2, 0) is 9.59 Å². The predicted octanol–water partition coefficient (Wildman–Crippen LogP) is 3.97. The number of benzene rings is 2. The summed E-state index contributed by atoms with van der Waals surface area (Å²) in [6.07, 6.45) is -0.512. The highest BCUT2D eigenvalue weighted by Gasteiger charge is 2.24. The molecule has 0 aliphatic carbocycles. The van der Waals surface area contributed by atoms with E-state index in [9.17, 15) is 9.59 Å². The molecule has 0 fully saturated rings. The summed E-state index contributed by atoms with van der Waals surface area (Å²) in [6.45, 7) is 7.68. The third-order valence-electron chi connectivity index (χ3n) is 4.53. The summed E-state index contributed by atoms with van der Waals surface area (Å²) < 4.78 is 5.55. The Morgan fingerprint density at radius 3 is 2.63 bits per heavy atom. The van der Waals surface area contributed by atoms with Gasteiger partial charge in [0.1, 0.15) is 11.8 Å². The summed E-state index contributed by atoms with van der Waals surface area (Å²) in [4.78, 5) is 24.4. The van der Waals surface area contributed by atoms with Gasteiger partial charge < -0.3 is 20.7 Å². The molecule has 0 bridgehead atoms. The number of carbonyl (C=O) groups excluding carboxylic acids is 2. The van der Waals surface area contributed by atoms with Crippen LogP contribution in [0.25, 0.3) is 0 Å². The molecular formula is C21H25N3O3. The molecule has 27 heavy (non-hydrogen) atoms. The maximum Gasteiger partial charge on any atom is 0.265 e. The molecule has 1 aliphatic heterocycles. The van der Waals surface area contributed by atoms with Gasteiger partial charge in [-0.1, -0.05) is 32.0 Å². The van der Waals surface area contributed by atoms with Crippen LogP contribution in [0.4, 0.5) is 17.1 Å². The average molecular weight is 367 g/mol.